The van der Waals surface area contributed by atoms with Crippen LogP contribution in [0.4, 0.5) is 5.69 Å². The van der Waals surface area contributed by atoms with E-state index in [1.165, 1.54) is 11.8 Å². The first-order chi connectivity index (χ1) is 16.3. The minimum absolute atomic E-state index is 0.360. The molecule has 0 bridgehead atoms. The molecule has 0 saturated heterocycles. The summed E-state index contributed by atoms with van der Waals surface area (Å²) in [6.07, 6.45) is 0.366. The summed E-state index contributed by atoms with van der Waals surface area (Å²) in [6, 6.07) is 12.1. The third-order valence-electron chi connectivity index (χ3n) is 5.86. The van der Waals surface area contributed by atoms with E-state index in [9.17, 15) is 9.59 Å². The summed E-state index contributed by atoms with van der Waals surface area (Å²) < 4.78 is 8.35. The van der Waals surface area contributed by atoms with Gasteiger partial charge in [0.05, 0.1) is 35.3 Å². The van der Waals surface area contributed by atoms with Crippen molar-refractivity contribution >= 4 is 34.1 Å². The van der Waals surface area contributed by atoms with Crippen molar-refractivity contribution in [2.45, 2.75) is 40.2 Å². The van der Waals surface area contributed by atoms with Crippen LogP contribution in [0.15, 0.2) is 47.3 Å². The Hall–Kier alpha value is -3.65. The smallest absolute Gasteiger partial charge is 0.278 e. The van der Waals surface area contributed by atoms with Crippen LogP contribution in [-0.4, -0.2) is 32.6 Å². The van der Waals surface area contributed by atoms with Gasteiger partial charge in [0.2, 0.25) is 5.91 Å². The number of ether oxygens (including phenoxy) is 1. The van der Waals surface area contributed by atoms with E-state index in [1.807, 2.05) is 51.1 Å². The highest BCUT2D eigenvalue weighted by molar-refractivity contribution is 6.31. The molecule has 4 aromatic rings. The molecule has 1 amide bonds. The van der Waals surface area contributed by atoms with Gasteiger partial charge in [-0.15, -0.1) is 0 Å². The van der Waals surface area contributed by atoms with Gasteiger partial charge in [0.1, 0.15) is 17.3 Å². The molecule has 9 heteroatoms. The van der Waals surface area contributed by atoms with Gasteiger partial charge >= 0.3 is 0 Å². The number of carbonyl (C=O) groups is 1. The minimum Gasteiger partial charge on any atom is -0.495 e. The van der Waals surface area contributed by atoms with Crippen molar-refractivity contribution in [3.8, 4) is 11.4 Å². The van der Waals surface area contributed by atoms with Crippen LogP contribution in [0.5, 0.6) is 5.75 Å². The van der Waals surface area contributed by atoms with E-state index < -0.39 is 6.04 Å². The Bertz CT molecular complexity index is 1440. The molecule has 8 nitrogen and oxygen atoms in total. The molecule has 4 rings (SSSR count). The summed E-state index contributed by atoms with van der Waals surface area (Å²) in [6.45, 7) is 7.31. The summed E-state index contributed by atoms with van der Waals surface area (Å²) in [5.74, 6) is 0.0645. The maximum absolute atomic E-state index is 13.6. The van der Waals surface area contributed by atoms with Gasteiger partial charge in [0.15, 0.2) is 0 Å². The number of aromatic nitrogens is 4. The molecule has 0 saturated carbocycles. The molecule has 1 atom stereocenters. The van der Waals surface area contributed by atoms with Crippen LogP contribution in [0.2, 0.25) is 5.02 Å². The minimum atomic E-state index is -0.823. The Balaban J connectivity index is 1.78. The second-order valence-electron chi connectivity index (χ2n) is 8.11. The van der Waals surface area contributed by atoms with Gasteiger partial charge in [-0.05, 0) is 51.0 Å². The number of amides is 1. The van der Waals surface area contributed by atoms with E-state index in [1.54, 1.807) is 23.7 Å². The quantitative estimate of drug-likeness (QED) is 0.430. The number of nitrogens with zero attached hydrogens (tertiary/aromatic N) is 4. The molecule has 2 heterocycles. The number of para-hydroxylation sites is 1. The summed E-state index contributed by atoms with van der Waals surface area (Å²) in [5, 5.41) is 13.0. The second-order valence-corrected chi connectivity index (χ2v) is 8.51. The van der Waals surface area contributed by atoms with Crippen molar-refractivity contribution in [1.29, 1.82) is 0 Å². The lowest BCUT2D eigenvalue weighted by Gasteiger charge is -2.19. The summed E-state index contributed by atoms with van der Waals surface area (Å²) >= 11 is 6.19. The molecule has 0 spiro atoms. The highest BCUT2D eigenvalue weighted by Crippen LogP contribution is 2.31. The van der Waals surface area contributed by atoms with Gasteiger partial charge in [-0.2, -0.15) is 10.2 Å². The lowest BCUT2D eigenvalue weighted by molar-refractivity contribution is -0.119. The molecule has 1 unspecified atom stereocenters. The van der Waals surface area contributed by atoms with E-state index in [-0.39, 0.29) is 11.5 Å². The Morgan fingerprint density at radius 1 is 1.15 bits per heavy atom. The monoisotopic (exact) mass is 479 g/mol. The molecule has 176 valence electrons. The number of aryl methyl sites for hydroxylation is 3. The topological polar surface area (TPSA) is 91.0 Å². The van der Waals surface area contributed by atoms with Crippen molar-refractivity contribution in [2.75, 3.05) is 12.4 Å². The number of hydrogen-bond acceptors (Lipinski definition) is 5. The van der Waals surface area contributed by atoms with Crippen LogP contribution < -0.4 is 15.6 Å². The van der Waals surface area contributed by atoms with Gasteiger partial charge < -0.3 is 10.1 Å². The van der Waals surface area contributed by atoms with Crippen LogP contribution in [0.3, 0.4) is 0 Å². The van der Waals surface area contributed by atoms with Gasteiger partial charge in [0, 0.05) is 11.1 Å². The van der Waals surface area contributed by atoms with E-state index in [0.29, 0.717) is 45.2 Å². The maximum atomic E-state index is 13.6. The first-order valence-corrected chi connectivity index (χ1v) is 11.3. The predicted molar refractivity (Wildman–Crippen MR) is 133 cm³/mol. The highest BCUT2D eigenvalue weighted by atomic mass is 35.5. The number of carbonyl (C=O) groups excluding carboxylic acids is 1. The summed E-state index contributed by atoms with van der Waals surface area (Å²) in [4.78, 5) is 26.8. The first-order valence-electron chi connectivity index (χ1n) is 11.0. The van der Waals surface area contributed by atoms with Crippen molar-refractivity contribution in [3.05, 3.63) is 74.8 Å². The number of halogens is 1. The molecule has 0 aliphatic heterocycles. The maximum Gasteiger partial charge on any atom is 0.278 e. The molecular formula is C25H26ClN5O3. The van der Waals surface area contributed by atoms with E-state index in [2.05, 4.69) is 15.5 Å². The Morgan fingerprint density at radius 2 is 1.85 bits per heavy atom. The van der Waals surface area contributed by atoms with Gasteiger partial charge in [0.25, 0.3) is 5.56 Å². The largest absolute Gasteiger partial charge is 0.495 e. The SMILES string of the molecule is CCC(C(=O)Nc1cc(C)c(Cl)cc1OC)n1nc(C)c2nn(-c3ccccc3)c(C)c2c1=O. The molecule has 0 aliphatic carbocycles. The summed E-state index contributed by atoms with van der Waals surface area (Å²) in [7, 11) is 1.50. The zero-order chi connectivity index (χ0) is 24.6. The van der Waals surface area contributed by atoms with Gasteiger partial charge in [-0.1, -0.05) is 36.7 Å². The number of benzene rings is 2. The standard InChI is InChI=1S/C25H26ClN5O3/c1-6-20(24(32)27-19-12-14(2)18(26)13-21(19)34-5)31-25(33)22-16(4)30(17-10-8-7-9-11-17)29-23(22)15(3)28-31/h7-13,20H,6H2,1-5H3,(H,27,32). The predicted octanol–water partition coefficient (Wildman–Crippen LogP) is 4.76. The van der Waals surface area contributed by atoms with Crippen LogP contribution in [0.25, 0.3) is 16.6 Å². The van der Waals surface area contributed by atoms with Crippen LogP contribution in [0.1, 0.15) is 36.3 Å². The fraction of sp³-hybridized carbons (Fsp3) is 0.280. The fourth-order valence-corrected chi connectivity index (χ4v) is 4.18. The van der Waals surface area contributed by atoms with Crippen LogP contribution in [0, 0.1) is 20.8 Å². The van der Waals surface area contributed by atoms with E-state index in [4.69, 9.17) is 16.3 Å². The molecule has 0 aliphatic rings. The van der Waals surface area contributed by atoms with E-state index in [0.717, 1.165) is 11.3 Å². The molecule has 34 heavy (non-hydrogen) atoms. The number of nitrogens with one attached hydrogen (secondary N) is 1. The third-order valence-corrected chi connectivity index (χ3v) is 6.27. The zero-order valence-electron chi connectivity index (χ0n) is 19.7. The second kappa shape index (κ2) is 9.30. The Kier molecular flexibility index (Phi) is 6.43. The number of rotatable bonds is 6. The number of fused-ring (bicyclic) bond motifs is 1. The van der Waals surface area contributed by atoms with Crippen molar-refractivity contribution < 1.29 is 9.53 Å². The fourth-order valence-electron chi connectivity index (χ4n) is 4.03. The number of hydrogen-bond donors (Lipinski definition) is 1. The molecule has 0 radical (unpaired) electrons. The molecule has 0 fully saturated rings. The lowest BCUT2D eigenvalue weighted by atomic mass is 10.1. The molecular weight excluding hydrogens is 454 g/mol. The number of methoxy groups -OCH3 is 1. The zero-order valence-corrected chi connectivity index (χ0v) is 20.5. The molecule has 1 N–H and O–H groups in total. The van der Waals surface area contributed by atoms with Crippen molar-refractivity contribution in [3.63, 3.8) is 0 Å². The average molecular weight is 480 g/mol. The van der Waals surface area contributed by atoms with E-state index >= 15 is 0 Å². The molecule has 2 aromatic carbocycles. The first kappa shape index (κ1) is 23.5. The average Bonchev–Trinajstić information content (AvgIpc) is 3.18. The lowest BCUT2D eigenvalue weighted by Crippen LogP contribution is -2.35. The van der Waals surface area contributed by atoms with Crippen LogP contribution >= 0.6 is 11.6 Å². The normalized spacial score (nSPS) is 12.1. The van der Waals surface area contributed by atoms with Gasteiger partial charge in [-0.25, -0.2) is 9.36 Å². The van der Waals surface area contributed by atoms with Crippen molar-refractivity contribution in [2.24, 2.45) is 0 Å². The number of anilines is 1. The third kappa shape index (κ3) is 4.05. The Labute approximate surface area is 202 Å². The molecule has 2 aromatic heterocycles. The highest BCUT2D eigenvalue weighted by Gasteiger charge is 2.26. The van der Waals surface area contributed by atoms with Crippen molar-refractivity contribution in [1.82, 2.24) is 19.6 Å². The summed E-state index contributed by atoms with van der Waals surface area (Å²) in [5.41, 5.74) is 3.54. The Morgan fingerprint density at radius 3 is 2.50 bits per heavy atom. The van der Waals surface area contributed by atoms with Gasteiger partial charge in [-0.3, -0.25) is 9.59 Å². The van der Waals surface area contributed by atoms with Crippen LogP contribution in [-0.2, 0) is 4.79 Å².